The summed E-state index contributed by atoms with van der Waals surface area (Å²) < 4.78 is 5.07. The van der Waals surface area contributed by atoms with Crippen LogP contribution < -0.4 is 0 Å². The molecule has 1 aliphatic rings. The zero-order valence-electron chi connectivity index (χ0n) is 9.55. The number of hydrogen-bond donors (Lipinski definition) is 1. The van der Waals surface area contributed by atoms with Gasteiger partial charge >= 0.3 is 5.97 Å². The van der Waals surface area contributed by atoms with Crippen molar-refractivity contribution >= 4 is 11.9 Å². The lowest BCUT2D eigenvalue weighted by Crippen LogP contribution is -2.27. The van der Waals surface area contributed by atoms with Crippen LogP contribution in [0.5, 0.6) is 0 Å². The molecule has 16 heavy (non-hydrogen) atoms. The Balaban J connectivity index is 2.51. The molecule has 0 aliphatic carbocycles. The smallest absolute Gasteiger partial charge is 0.328 e. The molecule has 1 N–H and O–H groups in total. The molecule has 0 aromatic heterocycles. The highest BCUT2D eigenvalue weighted by molar-refractivity contribution is 5.94. The van der Waals surface area contributed by atoms with Crippen LogP contribution in [0.4, 0.5) is 0 Å². The molecule has 1 rings (SSSR count). The summed E-state index contributed by atoms with van der Waals surface area (Å²) >= 11 is 0. The van der Waals surface area contributed by atoms with Gasteiger partial charge in [-0.1, -0.05) is 6.92 Å². The van der Waals surface area contributed by atoms with E-state index >= 15 is 0 Å². The van der Waals surface area contributed by atoms with Crippen molar-refractivity contribution in [1.82, 2.24) is 4.90 Å². The summed E-state index contributed by atoms with van der Waals surface area (Å²) in [6, 6.07) is 0. The predicted octanol–water partition coefficient (Wildman–Crippen LogP) is 0.368. The normalized spacial score (nSPS) is 25.2. The van der Waals surface area contributed by atoms with Crippen LogP contribution >= 0.6 is 0 Å². The summed E-state index contributed by atoms with van der Waals surface area (Å²) in [5, 5.41) is 8.42. The molecule has 1 heterocycles. The van der Waals surface area contributed by atoms with Crippen LogP contribution in [0.3, 0.4) is 0 Å². The van der Waals surface area contributed by atoms with Crippen molar-refractivity contribution in [2.45, 2.75) is 6.92 Å². The number of carboxylic acids is 1. The van der Waals surface area contributed by atoms with E-state index in [4.69, 9.17) is 9.84 Å². The first-order valence-electron chi connectivity index (χ1n) is 5.23. The Morgan fingerprint density at radius 1 is 1.44 bits per heavy atom. The third kappa shape index (κ3) is 3.34. The lowest BCUT2D eigenvalue weighted by atomic mass is 10.00. The summed E-state index contributed by atoms with van der Waals surface area (Å²) in [5.41, 5.74) is 0. The number of carboxylic acid groups (broad SMARTS) is 1. The van der Waals surface area contributed by atoms with E-state index in [1.807, 2.05) is 0 Å². The minimum Gasteiger partial charge on any atom is -0.478 e. The highest BCUT2D eigenvalue weighted by Crippen LogP contribution is 2.23. The molecule has 1 fully saturated rings. The fourth-order valence-corrected chi connectivity index (χ4v) is 1.89. The van der Waals surface area contributed by atoms with E-state index in [0.29, 0.717) is 31.5 Å². The Hall–Kier alpha value is -1.36. The van der Waals surface area contributed by atoms with Gasteiger partial charge in [0.1, 0.15) is 0 Å². The van der Waals surface area contributed by atoms with Crippen LogP contribution in [0.2, 0.25) is 0 Å². The largest absolute Gasteiger partial charge is 0.478 e. The first-order valence-corrected chi connectivity index (χ1v) is 5.23. The number of carbonyl (C=O) groups is 2. The Labute approximate surface area is 94.7 Å². The van der Waals surface area contributed by atoms with E-state index in [1.165, 1.54) is 0 Å². The van der Waals surface area contributed by atoms with E-state index < -0.39 is 5.97 Å². The molecule has 0 radical (unpaired) electrons. The summed E-state index contributed by atoms with van der Waals surface area (Å²) in [6.45, 7) is 4.00. The number of nitrogens with zero attached hydrogens (tertiary/aromatic N) is 1. The van der Waals surface area contributed by atoms with Gasteiger partial charge in [0.05, 0.1) is 6.61 Å². The standard InChI is InChI=1S/C11H17NO4/c1-8-5-12(6-9(8)7-16-2)10(13)3-4-11(14)15/h3-4,8-9H,5-7H2,1-2H3,(H,14,15)/b4-3+/t8-,9-/m1/s1. The Kier molecular flexibility index (Phi) is 4.49. The van der Waals surface area contributed by atoms with Gasteiger partial charge in [0.25, 0.3) is 0 Å². The van der Waals surface area contributed by atoms with E-state index in [9.17, 15) is 9.59 Å². The van der Waals surface area contributed by atoms with E-state index in [1.54, 1.807) is 12.0 Å². The van der Waals surface area contributed by atoms with Gasteiger partial charge in [-0.25, -0.2) is 4.79 Å². The molecule has 1 saturated heterocycles. The lowest BCUT2D eigenvalue weighted by molar-refractivity contribution is -0.132. The fourth-order valence-electron chi connectivity index (χ4n) is 1.89. The third-order valence-corrected chi connectivity index (χ3v) is 2.83. The SMILES string of the molecule is COC[C@H]1CN(C(=O)/C=C/C(=O)O)C[C@H]1C. The molecular formula is C11H17NO4. The van der Waals surface area contributed by atoms with Crippen molar-refractivity contribution in [2.75, 3.05) is 26.8 Å². The molecule has 0 saturated carbocycles. The first-order chi connectivity index (χ1) is 7.54. The van der Waals surface area contributed by atoms with Gasteiger partial charge in [-0.2, -0.15) is 0 Å². The van der Waals surface area contributed by atoms with Crippen LogP contribution in [0, 0.1) is 11.8 Å². The zero-order valence-corrected chi connectivity index (χ0v) is 9.55. The topological polar surface area (TPSA) is 66.8 Å². The van der Waals surface area contributed by atoms with Crippen LogP contribution in [0.15, 0.2) is 12.2 Å². The predicted molar refractivity (Wildman–Crippen MR) is 57.9 cm³/mol. The Bertz CT molecular complexity index is 300. The Morgan fingerprint density at radius 3 is 2.69 bits per heavy atom. The van der Waals surface area contributed by atoms with Gasteiger partial charge in [-0.05, 0) is 5.92 Å². The van der Waals surface area contributed by atoms with E-state index in [-0.39, 0.29) is 5.91 Å². The molecule has 1 aliphatic heterocycles. The molecular weight excluding hydrogens is 210 g/mol. The van der Waals surface area contributed by atoms with Crippen molar-refractivity contribution < 1.29 is 19.4 Å². The number of aliphatic carboxylic acids is 1. The molecule has 0 unspecified atom stereocenters. The minimum absolute atomic E-state index is 0.243. The molecule has 5 nitrogen and oxygen atoms in total. The second-order valence-corrected chi connectivity index (χ2v) is 4.11. The fraction of sp³-hybridized carbons (Fsp3) is 0.636. The van der Waals surface area contributed by atoms with Gasteiger partial charge in [-0.15, -0.1) is 0 Å². The maximum Gasteiger partial charge on any atom is 0.328 e. The number of amides is 1. The van der Waals surface area contributed by atoms with Gasteiger partial charge in [-0.3, -0.25) is 4.79 Å². The molecule has 0 aromatic carbocycles. The molecule has 0 spiro atoms. The van der Waals surface area contributed by atoms with Crippen LogP contribution in [0.1, 0.15) is 6.92 Å². The zero-order chi connectivity index (χ0) is 12.1. The van der Waals surface area contributed by atoms with Crippen molar-refractivity contribution in [3.05, 3.63) is 12.2 Å². The number of rotatable bonds is 4. The second-order valence-electron chi connectivity index (χ2n) is 4.11. The van der Waals surface area contributed by atoms with E-state index in [2.05, 4.69) is 6.92 Å². The maximum absolute atomic E-state index is 11.6. The van der Waals surface area contributed by atoms with Crippen LogP contribution in [-0.4, -0.2) is 48.7 Å². The quantitative estimate of drug-likeness (QED) is 0.704. The average Bonchev–Trinajstić information content (AvgIpc) is 2.57. The summed E-state index contributed by atoms with van der Waals surface area (Å²) in [6.07, 6.45) is 1.97. The average molecular weight is 227 g/mol. The molecule has 0 bridgehead atoms. The summed E-state index contributed by atoms with van der Waals surface area (Å²) in [5.74, 6) is -0.615. The molecule has 0 aromatic rings. The monoisotopic (exact) mass is 227 g/mol. The van der Waals surface area contributed by atoms with Crippen LogP contribution in [-0.2, 0) is 14.3 Å². The number of likely N-dealkylation sites (tertiary alicyclic amines) is 1. The van der Waals surface area contributed by atoms with Gasteiger partial charge in [0.15, 0.2) is 0 Å². The molecule has 90 valence electrons. The number of carbonyl (C=O) groups excluding carboxylic acids is 1. The minimum atomic E-state index is -1.10. The highest BCUT2D eigenvalue weighted by atomic mass is 16.5. The second kappa shape index (κ2) is 5.65. The van der Waals surface area contributed by atoms with Gasteiger partial charge in [0.2, 0.25) is 5.91 Å². The number of ether oxygens (including phenoxy) is 1. The summed E-state index contributed by atoms with van der Waals surface area (Å²) in [4.78, 5) is 23.5. The highest BCUT2D eigenvalue weighted by Gasteiger charge is 2.31. The van der Waals surface area contributed by atoms with Gasteiger partial charge < -0.3 is 14.7 Å². The van der Waals surface area contributed by atoms with Crippen molar-refractivity contribution in [3.63, 3.8) is 0 Å². The lowest BCUT2D eigenvalue weighted by Gasteiger charge is -2.13. The summed E-state index contributed by atoms with van der Waals surface area (Å²) in [7, 11) is 1.64. The molecule has 1 amide bonds. The van der Waals surface area contributed by atoms with Crippen LogP contribution in [0.25, 0.3) is 0 Å². The first kappa shape index (κ1) is 12.7. The van der Waals surface area contributed by atoms with E-state index in [0.717, 1.165) is 12.2 Å². The third-order valence-electron chi connectivity index (χ3n) is 2.83. The molecule has 5 heteroatoms. The maximum atomic E-state index is 11.6. The molecule has 2 atom stereocenters. The van der Waals surface area contributed by atoms with Gasteiger partial charge in [0, 0.05) is 38.3 Å². The van der Waals surface area contributed by atoms with Crippen molar-refractivity contribution in [2.24, 2.45) is 11.8 Å². The Morgan fingerprint density at radius 2 is 2.12 bits per heavy atom. The van der Waals surface area contributed by atoms with Crippen molar-refractivity contribution in [3.8, 4) is 0 Å². The van der Waals surface area contributed by atoms with Crippen molar-refractivity contribution in [1.29, 1.82) is 0 Å². The number of hydrogen-bond acceptors (Lipinski definition) is 3. The number of methoxy groups -OCH3 is 1.